The van der Waals surface area contributed by atoms with Crippen molar-refractivity contribution in [3.8, 4) is 11.5 Å². The van der Waals surface area contributed by atoms with Crippen molar-refractivity contribution in [3.63, 3.8) is 0 Å². The average molecular weight is 384 g/mol. The first-order chi connectivity index (χ1) is 12.5. The number of hydrogen-bond donors (Lipinski definition) is 0. The monoisotopic (exact) mass is 384 g/mol. The Morgan fingerprint density at radius 2 is 1.92 bits per heavy atom. The SMILES string of the molecule is Cc1sc2nc3s/c(=C/c4ccc5c(c4)OCO5)c(=O)n3c(=O)c2c1C. The number of thiazole rings is 1. The van der Waals surface area contributed by atoms with Gasteiger partial charge in [-0.05, 0) is 43.2 Å². The van der Waals surface area contributed by atoms with Gasteiger partial charge in [0.15, 0.2) is 11.5 Å². The lowest BCUT2D eigenvalue weighted by Crippen LogP contribution is -2.31. The molecule has 5 rings (SSSR count). The van der Waals surface area contributed by atoms with E-state index in [2.05, 4.69) is 4.98 Å². The molecule has 8 heteroatoms. The van der Waals surface area contributed by atoms with E-state index in [1.54, 1.807) is 12.1 Å². The van der Waals surface area contributed by atoms with Crippen LogP contribution in [0.4, 0.5) is 0 Å². The molecule has 0 amide bonds. The van der Waals surface area contributed by atoms with Crippen LogP contribution in [0.15, 0.2) is 27.8 Å². The standard InChI is InChI=1S/C18H12N2O4S2/c1-8-9(2)25-15-14(8)17(22)20-16(21)13(26-18(20)19-15)6-10-3-4-11-12(5-10)24-7-23-11/h3-6H,7H2,1-2H3/b13-6+. The van der Waals surface area contributed by atoms with Crippen LogP contribution in [-0.4, -0.2) is 16.2 Å². The number of fused-ring (bicyclic) bond motifs is 3. The first kappa shape index (κ1) is 15.5. The highest BCUT2D eigenvalue weighted by atomic mass is 32.1. The third kappa shape index (κ3) is 2.12. The van der Waals surface area contributed by atoms with Gasteiger partial charge in [-0.2, -0.15) is 0 Å². The lowest BCUT2D eigenvalue weighted by molar-refractivity contribution is 0.174. The third-order valence-corrected chi connectivity index (χ3v) is 6.55. The number of hydrogen-bond acceptors (Lipinski definition) is 7. The molecule has 0 fully saturated rings. The lowest BCUT2D eigenvalue weighted by Gasteiger charge is -1.96. The van der Waals surface area contributed by atoms with Gasteiger partial charge in [-0.3, -0.25) is 9.59 Å². The molecule has 0 aliphatic carbocycles. The summed E-state index contributed by atoms with van der Waals surface area (Å²) < 4.78 is 12.3. The van der Waals surface area contributed by atoms with Crippen LogP contribution in [0.1, 0.15) is 16.0 Å². The largest absolute Gasteiger partial charge is 0.454 e. The number of thiophene rings is 1. The molecule has 0 atom stereocenters. The molecule has 0 bridgehead atoms. The van der Waals surface area contributed by atoms with E-state index in [0.29, 0.717) is 31.2 Å². The van der Waals surface area contributed by atoms with E-state index in [9.17, 15) is 9.59 Å². The summed E-state index contributed by atoms with van der Waals surface area (Å²) in [6, 6.07) is 5.46. The van der Waals surface area contributed by atoms with Crippen LogP contribution in [0.3, 0.4) is 0 Å². The maximum Gasteiger partial charge on any atom is 0.277 e. The molecule has 0 N–H and O–H groups in total. The third-order valence-electron chi connectivity index (χ3n) is 4.48. The van der Waals surface area contributed by atoms with Gasteiger partial charge in [-0.15, -0.1) is 11.3 Å². The van der Waals surface area contributed by atoms with E-state index in [-0.39, 0.29) is 17.9 Å². The Morgan fingerprint density at radius 1 is 1.12 bits per heavy atom. The highest BCUT2D eigenvalue weighted by Gasteiger charge is 2.17. The second kappa shape index (κ2) is 5.39. The van der Waals surface area contributed by atoms with Gasteiger partial charge in [0.2, 0.25) is 11.8 Å². The Balaban J connectivity index is 1.78. The Kier molecular flexibility index (Phi) is 3.22. The summed E-state index contributed by atoms with van der Waals surface area (Å²) in [5, 5.41) is 0.537. The zero-order valence-electron chi connectivity index (χ0n) is 13.9. The first-order valence-electron chi connectivity index (χ1n) is 7.89. The number of aryl methyl sites for hydroxylation is 2. The second-order valence-corrected chi connectivity index (χ2v) is 8.24. The molecule has 1 aliphatic rings. The van der Waals surface area contributed by atoms with Gasteiger partial charge in [0.05, 0.1) is 9.92 Å². The van der Waals surface area contributed by atoms with Crippen LogP contribution in [0.25, 0.3) is 21.3 Å². The molecule has 6 nitrogen and oxygen atoms in total. The fourth-order valence-electron chi connectivity index (χ4n) is 3.02. The molecule has 0 spiro atoms. The van der Waals surface area contributed by atoms with Gasteiger partial charge >= 0.3 is 0 Å². The minimum Gasteiger partial charge on any atom is -0.454 e. The van der Waals surface area contributed by atoms with Gasteiger partial charge in [0.25, 0.3) is 11.1 Å². The first-order valence-corrected chi connectivity index (χ1v) is 9.53. The molecule has 0 radical (unpaired) electrons. The topological polar surface area (TPSA) is 69.9 Å². The van der Waals surface area contributed by atoms with Crippen molar-refractivity contribution in [2.24, 2.45) is 0 Å². The van der Waals surface area contributed by atoms with Crippen LogP contribution in [0.2, 0.25) is 0 Å². The molecular formula is C18H12N2O4S2. The predicted octanol–water partition coefficient (Wildman–Crippen LogP) is 2.22. The van der Waals surface area contributed by atoms with Crippen LogP contribution < -0.4 is 25.1 Å². The van der Waals surface area contributed by atoms with Crippen molar-refractivity contribution < 1.29 is 9.47 Å². The predicted molar refractivity (Wildman–Crippen MR) is 102 cm³/mol. The molecule has 1 aliphatic heterocycles. The summed E-state index contributed by atoms with van der Waals surface area (Å²) in [4.78, 5) is 32.3. The summed E-state index contributed by atoms with van der Waals surface area (Å²) >= 11 is 2.69. The fourth-order valence-corrected chi connectivity index (χ4v) is 5.06. The molecular weight excluding hydrogens is 372 g/mol. The molecule has 4 heterocycles. The Labute approximate surface area is 154 Å². The van der Waals surface area contributed by atoms with E-state index in [1.807, 2.05) is 26.0 Å². The van der Waals surface area contributed by atoms with E-state index in [1.165, 1.54) is 27.1 Å². The van der Waals surface area contributed by atoms with E-state index in [0.717, 1.165) is 16.0 Å². The molecule has 3 aromatic heterocycles. The zero-order valence-corrected chi connectivity index (χ0v) is 15.5. The van der Waals surface area contributed by atoms with E-state index in [4.69, 9.17) is 9.47 Å². The van der Waals surface area contributed by atoms with Gasteiger partial charge in [0, 0.05) is 4.88 Å². The van der Waals surface area contributed by atoms with Crippen LogP contribution in [-0.2, 0) is 0 Å². The van der Waals surface area contributed by atoms with Crippen LogP contribution in [0.5, 0.6) is 11.5 Å². The minimum atomic E-state index is -0.342. The van der Waals surface area contributed by atoms with Gasteiger partial charge in [-0.25, -0.2) is 9.38 Å². The summed E-state index contributed by atoms with van der Waals surface area (Å²) in [6.45, 7) is 4.04. The highest BCUT2D eigenvalue weighted by molar-refractivity contribution is 7.19. The summed E-state index contributed by atoms with van der Waals surface area (Å²) in [7, 11) is 0. The number of aromatic nitrogens is 2. The number of nitrogens with zero attached hydrogens (tertiary/aromatic N) is 2. The smallest absolute Gasteiger partial charge is 0.277 e. The Morgan fingerprint density at radius 3 is 2.77 bits per heavy atom. The van der Waals surface area contributed by atoms with Gasteiger partial charge in [0.1, 0.15) is 4.83 Å². The molecule has 0 unspecified atom stereocenters. The normalized spacial score (nSPS) is 14.0. The Bertz CT molecular complexity index is 1380. The summed E-state index contributed by atoms with van der Waals surface area (Å²) in [5.41, 5.74) is 1.06. The number of benzene rings is 1. The number of ether oxygens (including phenoxy) is 2. The van der Waals surface area contributed by atoms with Gasteiger partial charge < -0.3 is 9.47 Å². The lowest BCUT2D eigenvalue weighted by atomic mass is 10.2. The van der Waals surface area contributed by atoms with Crippen LogP contribution in [0, 0.1) is 13.8 Å². The quantitative estimate of drug-likeness (QED) is 0.503. The highest BCUT2D eigenvalue weighted by Crippen LogP contribution is 2.32. The Hall–Kier alpha value is -2.71. The van der Waals surface area contributed by atoms with Crippen molar-refractivity contribution in [3.05, 3.63) is 59.4 Å². The van der Waals surface area contributed by atoms with Crippen molar-refractivity contribution in [1.29, 1.82) is 0 Å². The van der Waals surface area contributed by atoms with Crippen molar-refractivity contribution in [2.45, 2.75) is 13.8 Å². The molecule has 4 aromatic rings. The maximum absolute atomic E-state index is 12.8. The summed E-state index contributed by atoms with van der Waals surface area (Å²) in [6.07, 6.45) is 1.75. The van der Waals surface area contributed by atoms with E-state index >= 15 is 0 Å². The maximum atomic E-state index is 12.8. The second-order valence-electron chi connectivity index (χ2n) is 6.03. The van der Waals surface area contributed by atoms with Gasteiger partial charge in [-0.1, -0.05) is 17.4 Å². The van der Waals surface area contributed by atoms with E-state index < -0.39 is 0 Å². The molecule has 0 saturated heterocycles. The molecule has 0 saturated carbocycles. The average Bonchev–Trinajstić information content (AvgIpc) is 3.26. The summed E-state index contributed by atoms with van der Waals surface area (Å²) in [5.74, 6) is 1.33. The fraction of sp³-hybridized carbons (Fsp3) is 0.167. The van der Waals surface area contributed by atoms with Crippen molar-refractivity contribution in [1.82, 2.24) is 9.38 Å². The van der Waals surface area contributed by atoms with Crippen molar-refractivity contribution >= 4 is 43.9 Å². The number of rotatable bonds is 1. The van der Waals surface area contributed by atoms with Crippen molar-refractivity contribution in [2.75, 3.05) is 6.79 Å². The minimum absolute atomic E-state index is 0.198. The van der Waals surface area contributed by atoms with Crippen LogP contribution >= 0.6 is 22.7 Å². The molecule has 1 aromatic carbocycles. The molecule has 26 heavy (non-hydrogen) atoms. The zero-order chi connectivity index (χ0) is 18.0. The molecule has 130 valence electrons.